The molecule has 0 saturated heterocycles. The van der Waals surface area contributed by atoms with Crippen LogP contribution in [0.5, 0.6) is 5.75 Å². The van der Waals surface area contributed by atoms with Gasteiger partial charge in [-0.25, -0.2) is 0 Å². The van der Waals surface area contributed by atoms with Gasteiger partial charge in [-0.3, -0.25) is 9.59 Å². The lowest BCUT2D eigenvalue weighted by atomic mass is 9.99. The van der Waals surface area contributed by atoms with Gasteiger partial charge >= 0.3 is 0 Å². The quantitative estimate of drug-likeness (QED) is 0.773. The zero-order valence-corrected chi connectivity index (χ0v) is 9.13. The van der Waals surface area contributed by atoms with Crippen LogP contribution in [0.3, 0.4) is 0 Å². The van der Waals surface area contributed by atoms with Gasteiger partial charge in [-0.15, -0.1) is 0 Å². The molecule has 1 rings (SSSR count). The largest absolute Gasteiger partial charge is 0.506 e. The summed E-state index contributed by atoms with van der Waals surface area (Å²) in [4.78, 5) is 22.7. The maximum Gasteiger partial charge on any atom is 0.166 e. The Labute approximate surface area is 88.7 Å². The Kier molecular flexibility index (Phi) is 3.24. The van der Waals surface area contributed by atoms with Crippen molar-refractivity contribution in [1.29, 1.82) is 0 Å². The summed E-state index contributed by atoms with van der Waals surface area (Å²) in [7, 11) is 0. The Morgan fingerprint density at radius 2 is 1.80 bits per heavy atom. The molecular formula is C12H14O3. The molecule has 1 N–H and O–H groups in total. The molecule has 0 aliphatic carbocycles. The smallest absolute Gasteiger partial charge is 0.166 e. The Bertz CT molecular complexity index is 419. The Morgan fingerprint density at radius 1 is 1.27 bits per heavy atom. The molecule has 3 heteroatoms. The standard InChI is InChI=1S/C12H14O3/c1-4-11(14)10-6-7(2)5-9(8(3)13)12(10)15/h5-6,15H,4H2,1-3H3. The molecule has 0 amide bonds. The predicted molar refractivity (Wildman–Crippen MR) is 57.5 cm³/mol. The number of phenolic OH excluding ortho intramolecular Hbond substituents is 1. The van der Waals surface area contributed by atoms with E-state index in [-0.39, 0.29) is 28.4 Å². The van der Waals surface area contributed by atoms with E-state index in [1.165, 1.54) is 6.92 Å². The van der Waals surface area contributed by atoms with Crippen LogP contribution in [-0.4, -0.2) is 16.7 Å². The molecule has 3 nitrogen and oxygen atoms in total. The number of carbonyl (C=O) groups excluding carboxylic acids is 2. The van der Waals surface area contributed by atoms with Crippen LogP contribution in [0.25, 0.3) is 0 Å². The van der Waals surface area contributed by atoms with Crippen LogP contribution in [0.15, 0.2) is 12.1 Å². The summed E-state index contributed by atoms with van der Waals surface area (Å²) in [6.45, 7) is 4.88. The highest BCUT2D eigenvalue weighted by Gasteiger charge is 2.16. The molecule has 15 heavy (non-hydrogen) atoms. The Hall–Kier alpha value is -1.64. The van der Waals surface area contributed by atoms with E-state index < -0.39 is 0 Å². The normalized spacial score (nSPS) is 10.1. The molecular weight excluding hydrogens is 192 g/mol. The molecule has 0 atom stereocenters. The minimum atomic E-state index is -0.235. The van der Waals surface area contributed by atoms with Gasteiger partial charge in [0.2, 0.25) is 0 Å². The van der Waals surface area contributed by atoms with Crippen LogP contribution in [0.4, 0.5) is 0 Å². The first-order chi connectivity index (χ1) is 6.97. The zero-order valence-electron chi connectivity index (χ0n) is 9.13. The molecule has 80 valence electrons. The molecule has 1 aromatic rings. The maximum atomic E-state index is 11.5. The van der Waals surface area contributed by atoms with E-state index in [0.29, 0.717) is 6.42 Å². The Balaban J connectivity index is 3.41. The molecule has 0 radical (unpaired) electrons. The van der Waals surface area contributed by atoms with E-state index in [2.05, 4.69) is 0 Å². The van der Waals surface area contributed by atoms with Crippen LogP contribution in [0.2, 0.25) is 0 Å². The SMILES string of the molecule is CCC(=O)c1cc(C)cc(C(C)=O)c1O. The minimum Gasteiger partial charge on any atom is -0.506 e. The maximum absolute atomic E-state index is 11.5. The molecule has 0 unspecified atom stereocenters. The number of rotatable bonds is 3. The predicted octanol–water partition coefficient (Wildman–Crippen LogP) is 2.50. The number of aryl methyl sites for hydroxylation is 1. The zero-order chi connectivity index (χ0) is 11.6. The van der Waals surface area contributed by atoms with Crippen molar-refractivity contribution in [2.24, 2.45) is 0 Å². The van der Waals surface area contributed by atoms with Gasteiger partial charge in [0.1, 0.15) is 5.75 Å². The van der Waals surface area contributed by atoms with Gasteiger partial charge in [0.15, 0.2) is 11.6 Å². The van der Waals surface area contributed by atoms with Crippen LogP contribution >= 0.6 is 0 Å². The van der Waals surface area contributed by atoms with Crippen molar-refractivity contribution >= 4 is 11.6 Å². The number of ketones is 2. The molecule has 0 aliphatic rings. The monoisotopic (exact) mass is 206 g/mol. The first-order valence-electron chi connectivity index (χ1n) is 4.85. The summed E-state index contributed by atoms with van der Waals surface area (Å²) in [6, 6.07) is 3.19. The molecule has 0 fully saturated rings. The van der Waals surface area contributed by atoms with Gasteiger partial charge in [-0.1, -0.05) is 6.92 Å². The second kappa shape index (κ2) is 4.26. The van der Waals surface area contributed by atoms with Crippen LogP contribution in [0, 0.1) is 6.92 Å². The summed E-state index contributed by atoms with van der Waals surface area (Å²) in [5, 5.41) is 9.74. The summed E-state index contributed by atoms with van der Waals surface area (Å²) >= 11 is 0. The van der Waals surface area contributed by atoms with E-state index >= 15 is 0 Å². The number of hydrogen-bond donors (Lipinski definition) is 1. The van der Waals surface area contributed by atoms with Crippen molar-refractivity contribution in [3.8, 4) is 5.75 Å². The van der Waals surface area contributed by atoms with Gasteiger partial charge in [0.05, 0.1) is 11.1 Å². The number of carbonyl (C=O) groups is 2. The lowest BCUT2D eigenvalue weighted by molar-refractivity contribution is 0.0985. The van der Waals surface area contributed by atoms with E-state index in [1.54, 1.807) is 26.0 Å². The van der Waals surface area contributed by atoms with Crippen LogP contribution < -0.4 is 0 Å². The second-order valence-electron chi connectivity index (χ2n) is 3.54. The fraction of sp³-hybridized carbons (Fsp3) is 0.333. The van der Waals surface area contributed by atoms with E-state index in [9.17, 15) is 14.7 Å². The summed E-state index contributed by atoms with van der Waals surface area (Å²) < 4.78 is 0. The number of phenols is 1. The highest BCUT2D eigenvalue weighted by molar-refractivity contribution is 6.04. The third kappa shape index (κ3) is 2.24. The number of hydrogen-bond acceptors (Lipinski definition) is 3. The van der Waals surface area contributed by atoms with Crippen LogP contribution in [0.1, 0.15) is 46.5 Å². The van der Waals surface area contributed by atoms with E-state index in [1.807, 2.05) is 0 Å². The van der Waals surface area contributed by atoms with Gasteiger partial charge in [-0.2, -0.15) is 0 Å². The van der Waals surface area contributed by atoms with Crippen molar-refractivity contribution in [2.45, 2.75) is 27.2 Å². The van der Waals surface area contributed by atoms with E-state index in [4.69, 9.17) is 0 Å². The Morgan fingerprint density at radius 3 is 2.27 bits per heavy atom. The van der Waals surface area contributed by atoms with Crippen molar-refractivity contribution in [3.05, 3.63) is 28.8 Å². The van der Waals surface area contributed by atoms with E-state index in [0.717, 1.165) is 5.56 Å². The van der Waals surface area contributed by atoms with Gasteiger partial charge in [0, 0.05) is 6.42 Å². The van der Waals surface area contributed by atoms with Crippen molar-refractivity contribution in [3.63, 3.8) is 0 Å². The number of benzene rings is 1. The fourth-order valence-electron chi connectivity index (χ4n) is 1.45. The van der Waals surface area contributed by atoms with Gasteiger partial charge < -0.3 is 5.11 Å². The fourth-order valence-corrected chi connectivity index (χ4v) is 1.45. The molecule has 0 aliphatic heterocycles. The summed E-state index contributed by atoms with van der Waals surface area (Å²) in [5.41, 5.74) is 1.25. The molecule has 0 heterocycles. The van der Waals surface area contributed by atoms with Crippen LogP contribution in [-0.2, 0) is 0 Å². The van der Waals surface area contributed by atoms with Crippen molar-refractivity contribution in [2.75, 3.05) is 0 Å². The average molecular weight is 206 g/mol. The molecule has 0 aromatic heterocycles. The van der Waals surface area contributed by atoms with Gasteiger partial charge in [0.25, 0.3) is 0 Å². The van der Waals surface area contributed by atoms with Crippen molar-refractivity contribution in [1.82, 2.24) is 0 Å². The minimum absolute atomic E-state index is 0.154. The molecule has 0 bridgehead atoms. The number of Topliss-reactive ketones (excluding diaryl/α,β-unsaturated/α-hetero) is 2. The lowest BCUT2D eigenvalue weighted by Crippen LogP contribution is -2.03. The first kappa shape index (κ1) is 11.4. The van der Waals surface area contributed by atoms with Crippen molar-refractivity contribution < 1.29 is 14.7 Å². The van der Waals surface area contributed by atoms with Gasteiger partial charge in [-0.05, 0) is 31.5 Å². The molecule has 0 saturated carbocycles. The third-order valence-electron chi connectivity index (χ3n) is 2.26. The topological polar surface area (TPSA) is 54.4 Å². The average Bonchev–Trinajstić information content (AvgIpc) is 2.19. The highest BCUT2D eigenvalue weighted by Crippen LogP contribution is 2.26. The summed E-state index contributed by atoms with van der Waals surface area (Å²) in [5.74, 6) is -0.583. The number of aromatic hydroxyl groups is 1. The third-order valence-corrected chi connectivity index (χ3v) is 2.26. The highest BCUT2D eigenvalue weighted by atomic mass is 16.3. The summed E-state index contributed by atoms with van der Waals surface area (Å²) in [6.07, 6.45) is 0.314. The second-order valence-corrected chi connectivity index (χ2v) is 3.54. The molecule has 1 aromatic carbocycles. The first-order valence-corrected chi connectivity index (χ1v) is 4.85. The lowest BCUT2D eigenvalue weighted by Gasteiger charge is -2.07. The molecule has 0 spiro atoms.